The van der Waals surface area contributed by atoms with E-state index in [4.69, 9.17) is 9.47 Å². The molecule has 0 spiro atoms. The molecule has 1 fully saturated rings. The van der Waals surface area contributed by atoms with Crippen molar-refractivity contribution in [3.8, 4) is 5.75 Å². The van der Waals surface area contributed by atoms with Crippen LogP contribution >= 0.6 is 0 Å². The first kappa shape index (κ1) is 19.4. The molecule has 1 aromatic rings. The lowest BCUT2D eigenvalue weighted by atomic mass is 9.77. The van der Waals surface area contributed by atoms with Gasteiger partial charge in [0.25, 0.3) is 0 Å². The summed E-state index contributed by atoms with van der Waals surface area (Å²) >= 11 is 0. The second-order valence-electron chi connectivity index (χ2n) is 5.96. The van der Waals surface area contributed by atoms with Gasteiger partial charge in [0.2, 0.25) is 5.82 Å². The molecule has 0 aliphatic carbocycles. The van der Waals surface area contributed by atoms with E-state index in [1.165, 1.54) is 6.92 Å². The van der Waals surface area contributed by atoms with Crippen LogP contribution in [-0.4, -0.2) is 38.1 Å². The standard InChI is InChI=1S/C16H17F5O4/c1-7-10(8-5-6-9(17)11(18)12(8)23-3)13(14(22)24-4)25-15(7,2)16(19,20)21/h5-7,10,13H,1-4H3/t7-,10-,13-,15+/m0/s1. The monoisotopic (exact) mass is 368 g/mol. The number of methoxy groups -OCH3 is 2. The summed E-state index contributed by atoms with van der Waals surface area (Å²) in [6.07, 6.45) is -6.44. The van der Waals surface area contributed by atoms with Crippen LogP contribution in [-0.2, 0) is 14.3 Å². The van der Waals surface area contributed by atoms with Crippen molar-refractivity contribution in [2.24, 2.45) is 5.92 Å². The molecule has 9 heteroatoms. The smallest absolute Gasteiger partial charge is 0.417 e. The van der Waals surface area contributed by atoms with Crippen LogP contribution in [0, 0.1) is 17.6 Å². The number of ether oxygens (including phenoxy) is 3. The molecule has 0 unspecified atom stereocenters. The summed E-state index contributed by atoms with van der Waals surface area (Å²) in [7, 11) is 2.05. The Bertz CT molecular complexity index is 675. The van der Waals surface area contributed by atoms with Gasteiger partial charge >= 0.3 is 12.1 Å². The topological polar surface area (TPSA) is 44.8 Å². The molecule has 25 heavy (non-hydrogen) atoms. The van der Waals surface area contributed by atoms with Crippen LogP contribution in [0.4, 0.5) is 22.0 Å². The second-order valence-corrected chi connectivity index (χ2v) is 5.96. The van der Waals surface area contributed by atoms with Crippen LogP contribution in [0.1, 0.15) is 25.3 Å². The Balaban J connectivity index is 2.65. The summed E-state index contributed by atoms with van der Waals surface area (Å²) in [5.74, 6) is -6.73. The molecule has 1 aliphatic heterocycles. The third-order valence-electron chi connectivity index (χ3n) is 4.75. The molecule has 4 nitrogen and oxygen atoms in total. The number of benzene rings is 1. The van der Waals surface area contributed by atoms with Crippen LogP contribution in [0.5, 0.6) is 5.75 Å². The Morgan fingerprint density at radius 1 is 1.24 bits per heavy atom. The van der Waals surface area contributed by atoms with Crippen LogP contribution in [0.3, 0.4) is 0 Å². The van der Waals surface area contributed by atoms with Gasteiger partial charge in [-0.2, -0.15) is 17.6 Å². The summed E-state index contributed by atoms with van der Waals surface area (Å²) in [6, 6.07) is 1.84. The van der Waals surface area contributed by atoms with E-state index in [0.717, 1.165) is 33.3 Å². The molecular weight excluding hydrogens is 351 g/mol. The quantitative estimate of drug-likeness (QED) is 0.604. The average molecular weight is 368 g/mol. The Hall–Kier alpha value is -1.90. The molecule has 1 heterocycles. The van der Waals surface area contributed by atoms with E-state index in [1.807, 2.05) is 0 Å². The molecule has 0 aromatic heterocycles. The van der Waals surface area contributed by atoms with Crippen molar-refractivity contribution in [1.29, 1.82) is 0 Å². The molecule has 0 radical (unpaired) electrons. The lowest BCUT2D eigenvalue weighted by molar-refractivity contribution is -0.274. The maximum Gasteiger partial charge on any atom is 0.417 e. The highest BCUT2D eigenvalue weighted by Gasteiger charge is 2.66. The van der Waals surface area contributed by atoms with Gasteiger partial charge in [-0.15, -0.1) is 0 Å². The molecule has 0 saturated carbocycles. The highest BCUT2D eigenvalue weighted by atomic mass is 19.4. The number of esters is 1. The predicted molar refractivity (Wildman–Crippen MR) is 76.2 cm³/mol. The zero-order valence-electron chi connectivity index (χ0n) is 13.9. The van der Waals surface area contributed by atoms with E-state index in [9.17, 15) is 26.7 Å². The first-order valence-electron chi connectivity index (χ1n) is 7.33. The largest absolute Gasteiger partial charge is 0.493 e. The number of halogens is 5. The van der Waals surface area contributed by atoms with Crippen molar-refractivity contribution in [2.75, 3.05) is 14.2 Å². The summed E-state index contributed by atoms with van der Waals surface area (Å²) in [5, 5.41) is 0. The lowest BCUT2D eigenvalue weighted by Gasteiger charge is -2.31. The van der Waals surface area contributed by atoms with Gasteiger partial charge in [-0.3, -0.25) is 0 Å². The molecule has 1 aromatic carbocycles. The van der Waals surface area contributed by atoms with Crippen molar-refractivity contribution in [1.82, 2.24) is 0 Å². The minimum Gasteiger partial charge on any atom is -0.493 e. The first-order valence-corrected chi connectivity index (χ1v) is 7.33. The van der Waals surface area contributed by atoms with Crippen LogP contribution in [0.2, 0.25) is 0 Å². The van der Waals surface area contributed by atoms with E-state index in [0.29, 0.717) is 0 Å². The Morgan fingerprint density at radius 2 is 1.84 bits per heavy atom. The fourth-order valence-electron chi connectivity index (χ4n) is 3.13. The van der Waals surface area contributed by atoms with Crippen LogP contribution in [0.15, 0.2) is 12.1 Å². The van der Waals surface area contributed by atoms with Gasteiger partial charge in [0.05, 0.1) is 14.2 Å². The molecule has 0 bridgehead atoms. The Morgan fingerprint density at radius 3 is 2.32 bits per heavy atom. The predicted octanol–water partition coefficient (Wildman–Crippen LogP) is 3.59. The van der Waals surface area contributed by atoms with Crippen molar-refractivity contribution in [3.63, 3.8) is 0 Å². The normalized spacial score (nSPS) is 29.6. The average Bonchev–Trinajstić information content (AvgIpc) is 2.82. The van der Waals surface area contributed by atoms with Crippen LogP contribution < -0.4 is 4.74 Å². The van der Waals surface area contributed by atoms with E-state index >= 15 is 0 Å². The zero-order valence-corrected chi connectivity index (χ0v) is 13.9. The number of rotatable bonds is 3. The van der Waals surface area contributed by atoms with Gasteiger partial charge in [0.1, 0.15) is 0 Å². The van der Waals surface area contributed by atoms with Gasteiger partial charge in [-0.25, -0.2) is 9.18 Å². The molecule has 1 saturated heterocycles. The Kier molecular flexibility index (Phi) is 5.00. The van der Waals surface area contributed by atoms with Crippen molar-refractivity contribution in [3.05, 3.63) is 29.3 Å². The SMILES string of the molecule is COC(=O)[C@H]1O[C@@](C)(C(F)(F)F)[C@@H](C)[C@H]1c1ccc(F)c(F)c1OC. The zero-order chi connectivity index (χ0) is 19.2. The highest BCUT2D eigenvalue weighted by molar-refractivity contribution is 5.77. The summed E-state index contributed by atoms with van der Waals surface area (Å²) in [4.78, 5) is 12.0. The van der Waals surface area contributed by atoms with Gasteiger partial charge in [-0.05, 0) is 13.0 Å². The summed E-state index contributed by atoms with van der Waals surface area (Å²) in [5.41, 5.74) is -2.77. The van der Waals surface area contributed by atoms with Crippen molar-refractivity contribution in [2.45, 2.75) is 37.6 Å². The Labute approximate surface area is 140 Å². The van der Waals surface area contributed by atoms with E-state index in [-0.39, 0.29) is 5.56 Å². The first-order chi connectivity index (χ1) is 11.5. The summed E-state index contributed by atoms with van der Waals surface area (Å²) in [6.45, 7) is 2.03. The third kappa shape index (κ3) is 2.94. The van der Waals surface area contributed by atoms with E-state index < -0.39 is 53.1 Å². The minimum absolute atomic E-state index is 0.0997. The molecule has 1 aliphatic rings. The molecule has 0 amide bonds. The number of hydrogen-bond donors (Lipinski definition) is 0. The van der Waals surface area contributed by atoms with Gasteiger partial charge < -0.3 is 14.2 Å². The van der Waals surface area contributed by atoms with Gasteiger partial charge in [-0.1, -0.05) is 13.0 Å². The third-order valence-corrected chi connectivity index (χ3v) is 4.75. The number of carbonyl (C=O) groups excluding carboxylic acids is 1. The molecule has 4 atom stereocenters. The summed E-state index contributed by atoms with van der Waals surface area (Å²) < 4.78 is 82.4. The number of carbonyl (C=O) groups is 1. The fourth-order valence-corrected chi connectivity index (χ4v) is 3.13. The van der Waals surface area contributed by atoms with E-state index in [2.05, 4.69) is 4.74 Å². The molecule has 140 valence electrons. The van der Waals surface area contributed by atoms with Crippen molar-refractivity contribution < 1.29 is 41.0 Å². The second kappa shape index (κ2) is 6.44. The van der Waals surface area contributed by atoms with Crippen molar-refractivity contribution >= 4 is 5.97 Å². The number of alkyl halides is 3. The lowest BCUT2D eigenvalue weighted by Crippen LogP contribution is -2.47. The molecule has 2 rings (SSSR count). The van der Waals surface area contributed by atoms with Gasteiger partial charge in [0, 0.05) is 17.4 Å². The highest BCUT2D eigenvalue weighted by Crippen LogP contribution is 2.54. The maximum atomic E-state index is 14.0. The molecular formula is C16H17F5O4. The minimum atomic E-state index is -4.79. The van der Waals surface area contributed by atoms with E-state index in [1.54, 1.807) is 0 Å². The number of hydrogen-bond acceptors (Lipinski definition) is 4. The maximum absolute atomic E-state index is 14.0. The van der Waals surface area contributed by atoms with Crippen LogP contribution in [0.25, 0.3) is 0 Å². The van der Waals surface area contributed by atoms with Gasteiger partial charge in [0.15, 0.2) is 23.3 Å². The molecule has 0 N–H and O–H groups in total. The fraction of sp³-hybridized carbons (Fsp3) is 0.562.